The van der Waals surface area contributed by atoms with Gasteiger partial charge in [-0.25, -0.2) is 4.39 Å². The van der Waals surface area contributed by atoms with Gasteiger partial charge in [-0.3, -0.25) is 4.79 Å². The summed E-state index contributed by atoms with van der Waals surface area (Å²) in [5.41, 5.74) is 0.649. The van der Waals surface area contributed by atoms with Crippen LogP contribution in [0, 0.1) is 35.3 Å². The number of esters is 1. The van der Waals surface area contributed by atoms with Crippen molar-refractivity contribution in [2.45, 2.75) is 71.1 Å². The van der Waals surface area contributed by atoms with Crippen LogP contribution in [-0.4, -0.2) is 12.6 Å². The average molecular weight is 497 g/mol. The van der Waals surface area contributed by atoms with E-state index in [2.05, 4.69) is 6.58 Å². The van der Waals surface area contributed by atoms with Crippen molar-refractivity contribution in [3.05, 3.63) is 60.7 Å². The SMILES string of the molecule is C=CCCC1CCC(C2CCC(C(=O)Oc3ccc(-c4ccc(OCC)c(F)c4F)cc3)CC2)CC1. The second kappa shape index (κ2) is 12.5. The summed E-state index contributed by atoms with van der Waals surface area (Å²) < 4.78 is 39.5. The van der Waals surface area contributed by atoms with E-state index in [0.717, 1.165) is 49.9 Å². The van der Waals surface area contributed by atoms with Crippen molar-refractivity contribution in [2.75, 3.05) is 6.61 Å². The van der Waals surface area contributed by atoms with Gasteiger partial charge in [-0.2, -0.15) is 4.39 Å². The molecule has 0 atom stereocenters. The van der Waals surface area contributed by atoms with Gasteiger partial charge in [0.25, 0.3) is 0 Å². The normalized spacial score (nSPS) is 24.2. The second-order valence-electron chi connectivity index (χ2n) is 10.4. The summed E-state index contributed by atoms with van der Waals surface area (Å²) in [6.07, 6.45) is 13.7. The molecule has 0 spiro atoms. The van der Waals surface area contributed by atoms with Gasteiger partial charge in [0.05, 0.1) is 12.5 Å². The number of benzene rings is 2. The number of hydrogen-bond acceptors (Lipinski definition) is 3. The van der Waals surface area contributed by atoms with E-state index < -0.39 is 11.6 Å². The maximum atomic E-state index is 14.5. The molecule has 0 heterocycles. The van der Waals surface area contributed by atoms with Crippen LogP contribution in [0.15, 0.2) is 49.1 Å². The Morgan fingerprint density at radius 3 is 2.17 bits per heavy atom. The number of carbonyl (C=O) groups excluding carboxylic acids is 1. The maximum Gasteiger partial charge on any atom is 0.314 e. The Morgan fingerprint density at radius 1 is 0.917 bits per heavy atom. The predicted octanol–water partition coefficient (Wildman–Crippen LogP) is 8.51. The van der Waals surface area contributed by atoms with Crippen LogP contribution in [0.4, 0.5) is 8.78 Å². The molecule has 2 aromatic carbocycles. The fourth-order valence-corrected chi connectivity index (χ4v) is 6.05. The fraction of sp³-hybridized carbons (Fsp3) is 0.516. The zero-order chi connectivity index (χ0) is 25.5. The summed E-state index contributed by atoms with van der Waals surface area (Å²) in [4.78, 5) is 12.8. The van der Waals surface area contributed by atoms with Crippen molar-refractivity contribution >= 4 is 5.97 Å². The molecule has 3 nitrogen and oxygen atoms in total. The predicted molar refractivity (Wildman–Crippen MR) is 139 cm³/mol. The molecular weight excluding hydrogens is 458 g/mol. The standard InChI is InChI=1S/C31H38F2O3/c1-3-5-6-21-7-9-22(10-8-21)23-11-13-25(14-12-23)31(34)36-26-17-15-24(16-18-26)27-19-20-28(35-4-2)30(33)29(27)32/h3,15-23,25H,1,4-14H2,2H3. The van der Waals surface area contributed by atoms with Crippen LogP contribution in [0.1, 0.15) is 71.1 Å². The smallest absolute Gasteiger partial charge is 0.314 e. The van der Waals surface area contributed by atoms with Crippen LogP contribution in [-0.2, 0) is 4.79 Å². The molecule has 2 fully saturated rings. The Labute approximate surface area is 213 Å². The quantitative estimate of drug-likeness (QED) is 0.198. The zero-order valence-corrected chi connectivity index (χ0v) is 21.3. The number of allylic oxidation sites excluding steroid dienone is 1. The molecule has 0 aliphatic heterocycles. The van der Waals surface area contributed by atoms with E-state index in [1.54, 1.807) is 31.2 Å². The van der Waals surface area contributed by atoms with Crippen LogP contribution in [0.3, 0.4) is 0 Å². The van der Waals surface area contributed by atoms with Crippen LogP contribution >= 0.6 is 0 Å². The first-order chi connectivity index (χ1) is 17.5. The molecule has 0 radical (unpaired) electrons. The molecule has 0 aromatic heterocycles. The zero-order valence-electron chi connectivity index (χ0n) is 21.3. The number of rotatable bonds is 9. The summed E-state index contributed by atoms with van der Waals surface area (Å²) in [5.74, 6) is 0.525. The van der Waals surface area contributed by atoms with Gasteiger partial charge in [-0.05, 0) is 106 Å². The van der Waals surface area contributed by atoms with Gasteiger partial charge in [0, 0.05) is 5.56 Å². The van der Waals surface area contributed by atoms with Gasteiger partial charge in [0.1, 0.15) is 5.75 Å². The van der Waals surface area contributed by atoms with E-state index in [1.165, 1.54) is 44.2 Å². The van der Waals surface area contributed by atoms with Gasteiger partial charge in [0.2, 0.25) is 5.82 Å². The van der Waals surface area contributed by atoms with Crippen molar-refractivity contribution < 1.29 is 23.0 Å². The molecule has 194 valence electrons. The van der Waals surface area contributed by atoms with Crippen LogP contribution in [0.25, 0.3) is 11.1 Å². The van der Waals surface area contributed by atoms with Gasteiger partial charge >= 0.3 is 5.97 Å². The monoisotopic (exact) mass is 496 g/mol. The third-order valence-corrected chi connectivity index (χ3v) is 8.17. The average Bonchev–Trinajstić information content (AvgIpc) is 2.91. The van der Waals surface area contributed by atoms with E-state index in [1.807, 2.05) is 6.08 Å². The first-order valence-corrected chi connectivity index (χ1v) is 13.5. The first-order valence-electron chi connectivity index (χ1n) is 13.5. The molecule has 36 heavy (non-hydrogen) atoms. The lowest BCUT2D eigenvalue weighted by molar-refractivity contribution is -0.140. The van der Waals surface area contributed by atoms with Crippen molar-refractivity contribution in [1.29, 1.82) is 0 Å². The Morgan fingerprint density at radius 2 is 1.56 bits per heavy atom. The molecule has 2 aliphatic carbocycles. The third kappa shape index (κ3) is 6.35. The molecule has 0 unspecified atom stereocenters. The highest BCUT2D eigenvalue weighted by Gasteiger charge is 2.33. The first kappa shape index (κ1) is 26.4. The summed E-state index contributed by atoms with van der Waals surface area (Å²) in [6, 6.07) is 9.48. The lowest BCUT2D eigenvalue weighted by Crippen LogP contribution is -2.30. The fourth-order valence-electron chi connectivity index (χ4n) is 6.05. The minimum Gasteiger partial charge on any atom is -0.491 e. The number of carbonyl (C=O) groups is 1. The molecule has 4 rings (SSSR count). The van der Waals surface area contributed by atoms with E-state index >= 15 is 0 Å². The number of hydrogen-bond donors (Lipinski definition) is 0. The highest BCUT2D eigenvalue weighted by atomic mass is 19.2. The number of halogens is 2. The molecule has 2 aliphatic rings. The largest absolute Gasteiger partial charge is 0.491 e. The Balaban J connectivity index is 1.27. The molecule has 0 N–H and O–H groups in total. The number of ether oxygens (including phenoxy) is 2. The summed E-state index contributed by atoms with van der Waals surface area (Å²) in [6.45, 7) is 5.82. The Bertz CT molecular complexity index is 1020. The van der Waals surface area contributed by atoms with Crippen molar-refractivity contribution in [1.82, 2.24) is 0 Å². The molecule has 2 saturated carbocycles. The van der Waals surface area contributed by atoms with Crippen LogP contribution in [0.2, 0.25) is 0 Å². The Kier molecular flexibility index (Phi) is 9.17. The molecule has 0 amide bonds. The molecule has 0 bridgehead atoms. The van der Waals surface area contributed by atoms with E-state index in [-0.39, 0.29) is 29.8 Å². The van der Waals surface area contributed by atoms with Crippen LogP contribution in [0.5, 0.6) is 11.5 Å². The van der Waals surface area contributed by atoms with E-state index in [0.29, 0.717) is 11.3 Å². The highest BCUT2D eigenvalue weighted by molar-refractivity contribution is 5.75. The van der Waals surface area contributed by atoms with E-state index in [4.69, 9.17) is 9.47 Å². The van der Waals surface area contributed by atoms with Crippen molar-refractivity contribution in [3.63, 3.8) is 0 Å². The third-order valence-electron chi connectivity index (χ3n) is 8.17. The second-order valence-corrected chi connectivity index (χ2v) is 10.4. The lowest BCUT2D eigenvalue weighted by atomic mass is 9.69. The van der Waals surface area contributed by atoms with Gasteiger partial charge in [-0.15, -0.1) is 6.58 Å². The highest BCUT2D eigenvalue weighted by Crippen LogP contribution is 2.42. The minimum atomic E-state index is -0.999. The van der Waals surface area contributed by atoms with Gasteiger partial charge in [-0.1, -0.05) is 31.1 Å². The lowest BCUT2D eigenvalue weighted by Gasteiger charge is -2.37. The van der Waals surface area contributed by atoms with Gasteiger partial charge in [0.15, 0.2) is 11.6 Å². The van der Waals surface area contributed by atoms with Gasteiger partial charge < -0.3 is 9.47 Å². The minimum absolute atomic E-state index is 0.0671. The topological polar surface area (TPSA) is 35.5 Å². The molecule has 0 saturated heterocycles. The summed E-state index contributed by atoms with van der Waals surface area (Å²) in [7, 11) is 0. The molecule has 2 aromatic rings. The van der Waals surface area contributed by atoms with Crippen molar-refractivity contribution in [2.24, 2.45) is 23.7 Å². The summed E-state index contributed by atoms with van der Waals surface area (Å²) in [5, 5.41) is 0. The molecular formula is C31H38F2O3. The van der Waals surface area contributed by atoms with Crippen molar-refractivity contribution in [3.8, 4) is 22.6 Å². The van der Waals surface area contributed by atoms with Crippen LogP contribution < -0.4 is 9.47 Å². The summed E-state index contributed by atoms with van der Waals surface area (Å²) >= 11 is 0. The van der Waals surface area contributed by atoms with E-state index in [9.17, 15) is 13.6 Å². The Hall–Kier alpha value is -2.69. The maximum absolute atomic E-state index is 14.5. The molecule has 5 heteroatoms.